The van der Waals surface area contributed by atoms with E-state index in [1.165, 1.54) is 0 Å². The van der Waals surface area contributed by atoms with Gasteiger partial charge in [0.05, 0.1) is 40.0 Å². The molecule has 1 atom stereocenters. The molecule has 1 unspecified atom stereocenters. The average molecular weight is 396 g/mol. The normalized spacial score (nSPS) is 21.2. The lowest BCUT2D eigenvalue weighted by Gasteiger charge is -2.33. The Morgan fingerprint density at radius 3 is 2.76 bits per heavy atom. The fraction of sp³-hybridized carbons (Fsp3) is 0.500. The van der Waals surface area contributed by atoms with Crippen molar-refractivity contribution in [1.29, 1.82) is 0 Å². The zero-order chi connectivity index (χ0) is 20.9. The van der Waals surface area contributed by atoms with Crippen molar-refractivity contribution in [1.82, 2.24) is 9.78 Å². The predicted molar refractivity (Wildman–Crippen MR) is 111 cm³/mol. The number of carbonyl (C=O) groups is 2. The van der Waals surface area contributed by atoms with Gasteiger partial charge in [0.1, 0.15) is 0 Å². The first-order valence-electron chi connectivity index (χ1n) is 10.2. The number of fused-ring (bicyclic) bond motifs is 1. The zero-order valence-electron chi connectivity index (χ0n) is 17.2. The van der Waals surface area contributed by atoms with Crippen LogP contribution in [0.2, 0.25) is 0 Å². The Bertz CT molecular complexity index is 992. The number of rotatable bonds is 3. The van der Waals surface area contributed by atoms with Crippen molar-refractivity contribution in [3.05, 3.63) is 40.7 Å². The monoisotopic (exact) mass is 396 g/mol. The number of primary amides is 1. The van der Waals surface area contributed by atoms with Crippen LogP contribution in [0.1, 0.15) is 65.2 Å². The number of piperidine rings is 1. The topological polar surface area (TPSA) is 101 Å². The molecule has 7 heteroatoms. The van der Waals surface area contributed by atoms with Gasteiger partial charge < -0.3 is 15.7 Å². The molecule has 7 nitrogen and oxygen atoms in total. The number of nitrogens with two attached hydrogens (primary N) is 1. The second kappa shape index (κ2) is 6.99. The van der Waals surface area contributed by atoms with Crippen LogP contribution in [0.15, 0.2) is 18.2 Å². The molecule has 0 bridgehead atoms. The number of aliphatic hydroxyl groups is 1. The molecule has 0 radical (unpaired) electrons. The highest BCUT2D eigenvalue weighted by molar-refractivity contribution is 6.00. The first-order chi connectivity index (χ1) is 13.7. The van der Waals surface area contributed by atoms with Crippen molar-refractivity contribution in [3.8, 4) is 5.69 Å². The summed E-state index contributed by atoms with van der Waals surface area (Å²) in [5, 5.41) is 14.8. The van der Waals surface area contributed by atoms with Crippen LogP contribution in [-0.4, -0.2) is 45.8 Å². The van der Waals surface area contributed by atoms with Crippen molar-refractivity contribution in [2.24, 2.45) is 11.1 Å². The van der Waals surface area contributed by atoms with E-state index in [1.807, 2.05) is 28.6 Å². The molecule has 3 N–H and O–H groups in total. The first kappa shape index (κ1) is 19.6. The predicted octanol–water partition coefficient (Wildman–Crippen LogP) is 2.40. The molecule has 154 valence electrons. The maximum atomic E-state index is 12.7. The number of aliphatic hydroxyl groups excluding tert-OH is 1. The molecule has 1 aliphatic heterocycles. The van der Waals surface area contributed by atoms with Crippen LogP contribution in [0, 0.1) is 12.3 Å². The Kier molecular flexibility index (Phi) is 4.73. The van der Waals surface area contributed by atoms with Crippen molar-refractivity contribution in [2.75, 3.05) is 18.0 Å². The van der Waals surface area contributed by atoms with Gasteiger partial charge in [-0.25, -0.2) is 4.68 Å². The second-order valence-corrected chi connectivity index (χ2v) is 9.07. The third kappa shape index (κ3) is 3.55. The van der Waals surface area contributed by atoms with Crippen LogP contribution in [-0.2, 0) is 6.42 Å². The Morgan fingerprint density at radius 1 is 1.31 bits per heavy atom. The molecule has 2 aromatic rings. The summed E-state index contributed by atoms with van der Waals surface area (Å²) in [6.45, 7) is 7.27. The molecule has 0 spiro atoms. The number of hydrogen-bond donors (Lipinski definition) is 2. The number of β-amino-alcohol motifs (C(OH)–C–C–N with tert-alkyl or cyclic N) is 1. The van der Waals surface area contributed by atoms with E-state index in [0.717, 1.165) is 48.4 Å². The smallest absolute Gasteiger partial charge is 0.250 e. The van der Waals surface area contributed by atoms with E-state index in [2.05, 4.69) is 18.9 Å². The Hall–Kier alpha value is -2.67. The molecule has 1 aromatic heterocycles. The van der Waals surface area contributed by atoms with E-state index in [1.54, 1.807) is 6.07 Å². The Balaban J connectivity index is 1.83. The van der Waals surface area contributed by atoms with Gasteiger partial charge in [-0.2, -0.15) is 5.10 Å². The third-order valence-electron chi connectivity index (χ3n) is 5.95. The number of amides is 1. The number of hydrogen-bond acceptors (Lipinski definition) is 5. The summed E-state index contributed by atoms with van der Waals surface area (Å²) < 4.78 is 1.83. The third-order valence-corrected chi connectivity index (χ3v) is 5.95. The van der Waals surface area contributed by atoms with E-state index in [4.69, 9.17) is 5.73 Å². The maximum absolute atomic E-state index is 12.7. The molecule has 1 saturated heterocycles. The first-order valence-corrected chi connectivity index (χ1v) is 10.2. The molecule has 1 amide bonds. The van der Waals surface area contributed by atoms with Gasteiger partial charge in [-0.15, -0.1) is 0 Å². The van der Waals surface area contributed by atoms with E-state index in [0.29, 0.717) is 24.2 Å². The van der Waals surface area contributed by atoms with Gasteiger partial charge in [0.15, 0.2) is 5.78 Å². The number of anilines is 1. The summed E-state index contributed by atoms with van der Waals surface area (Å²) in [6.07, 6.45) is 2.45. The van der Waals surface area contributed by atoms with Gasteiger partial charge in [0.2, 0.25) is 0 Å². The minimum Gasteiger partial charge on any atom is -0.391 e. The van der Waals surface area contributed by atoms with E-state index in [9.17, 15) is 14.7 Å². The molecule has 4 rings (SSSR count). The quantitative estimate of drug-likeness (QED) is 0.830. The van der Waals surface area contributed by atoms with Crippen LogP contribution < -0.4 is 10.6 Å². The standard InChI is InChI=1S/C22H28N4O3/c1-13-20-18(10-22(2,3)11-19(20)28)26(24-13)14-6-7-16(21(23)29)17(9-14)25-8-4-5-15(27)12-25/h6-7,9,15,27H,4-5,8,10-12H2,1-3H3,(H2,23,29). The highest BCUT2D eigenvalue weighted by Crippen LogP contribution is 2.37. The lowest BCUT2D eigenvalue weighted by Crippen LogP contribution is -2.39. The lowest BCUT2D eigenvalue weighted by molar-refractivity contribution is 0.0909. The molecule has 2 aliphatic rings. The SMILES string of the molecule is Cc1nn(-c2ccc(C(N)=O)c(N3CCCC(O)C3)c2)c2c1C(=O)CC(C)(C)C2. The molecule has 29 heavy (non-hydrogen) atoms. The fourth-order valence-electron chi connectivity index (χ4n) is 4.65. The van der Waals surface area contributed by atoms with Crippen LogP contribution in [0.5, 0.6) is 0 Å². The Labute approximate surface area is 170 Å². The number of carbonyl (C=O) groups excluding carboxylic acids is 2. The summed E-state index contributed by atoms with van der Waals surface area (Å²) in [7, 11) is 0. The highest BCUT2D eigenvalue weighted by atomic mass is 16.3. The largest absolute Gasteiger partial charge is 0.391 e. The Morgan fingerprint density at radius 2 is 2.07 bits per heavy atom. The van der Waals surface area contributed by atoms with Crippen molar-refractivity contribution in [2.45, 2.75) is 52.6 Å². The van der Waals surface area contributed by atoms with Crippen LogP contribution >= 0.6 is 0 Å². The number of aryl methyl sites for hydroxylation is 1. The maximum Gasteiger partial charge on any atom is 0.250 e. The van der Waals surface area contributed by atoms with Crippen LogP contribution in [0.4, 0.5) is 5.69 Å². The van der Waals surface area contributed by atoms with E-state index >= 15 is 0 Å². The minimum absolute atomic E-state index is 0.124. The molecule has 1 fully saturated rings. The van der Waals surface area contributed by atoms with Crippen LogP contribution in [0.3, 0.4) is 0 Å². The van der Waals surface area contributed by atoms with Gasteiger partial charge in [-0.1, -0.05) is 13.8 Å². The van der Waals surface area contributed by atoms with Crippen LogP contribution in [0.25, 0.3) is 5.69 Å². The number of aromatic nitrogens is 2. The van der Waals surface area contributed by atoms with Gasteiger partial charge in [-0.3, -0.25) is 9.59 Å². The number of ketones is 1. The average Bonchev–Trinajstić information content (AvgIpc) is 2.96. The van der Waals surface area contributed by atoms with Crippen molar-refractivity contribution in [3.63, 3.8) is 0 Å². The number of benzene rings is 1. The lowest BCUT2D eigenvalue weighted by atomic mass is 9.75. The van der Waals surface area contributed by atoms with Crippen molar-refractivity contribution >= 4 is 17.4 Å². The van der Waals surface area contributed by atoms with E-state index < -0.39 is 12.0 Å². The number of nitrogens with zero attached hydrogens (tertiary/aromatic N) is 3. The number of Topliss-reactive ketones (excluding diaryl/α,β-unsaturated/α-hetero) is 1. The molecular formula is C22H28N4O3. The second-order valence-electron chi connectivity index (χ2n) is 9.07. The molecule has 0 saturated carbocycles. The molecule has 1 aromatic carbocycles. The van der Waals surface area contributed by atoms with Gasteiger partial charge in [0, 0.05) is 19.5 Å². The summed E-state index contributed by atoms with van der Waals surface area (Å²) in [5.41, 5.74) is 9.79. The van der Waals surface area contributed by atoms with Gasteiger partial charge in [-0.05, 0) is 49.8 Å². The van der Waals surface area contributed by atoms with Gasteiger partial charge in [0.25, 0.3) is 5.91 Å². The summed E-state index contributed by atoms with van der Waals surface area (Å²) in [6, 6.07) is 5.44. The summed E-state index contributed by atoms with van der Waals surface area (Å²) in [4.78, 5) is 26.7. The van der Waals surface area contributed by atoms with Gasteiger partial charge >= 0.3 is 0 Å². The molecule has 2 heterocycles. The van der Waals surface area contributed by atoms with E-state index in [-0.39, 0.29) is 11.2 Å². The minimum atomic E-state index is -0.499. The summed E-state index contributed by atoms with van der Waals surface area (Å²) in [5.74, 6) is -0.366. The van der Waals surface area contributed by atoms with Crippen molar-refractivity contribution < 1.29 is 14.7 Å². The molecular weight excluding hydrogens is 368 g/mol. The molecule has 1 aliphatic carbocycles. The summed E-state index contributed by atoms with van der Waals surface area (Å²) >= 11 is 0. The highest BCUT2D eigenvalue weighted by Gasteiger charge is 2.36. The fourth-order valence-corrected chi connectivity index (χ4v) is 4.65. The zero-order valence-corrected chi connectivity index (χ0v) is 17.2.